The van der Waals surface area contributed by atoms with Crippen LogP contribution in [0.1, 0.15) is 20.8 Å². The lowest BCUT2D eigenvalue weighted by atomic mass is 10.3. The first-order valence-corrected chi connectivity index (χ1v) is 6.24. The van der Waals surface area contributed by atoms with Gasteiger partial charge in [-0.2, -0.15) is 0 Å². The van der Waals surface area contributed by atoms with Gasteiger partial charge in [-0.3, -0.25) is 0 Å². The maximum atomic E-state index is 5.57. The number of hydrogen-bond donors (Lipinski definition) is 0. The maximum Gasteiger partial charge on any atom is 0.204 e. The van der Waals surface area contributed by atoms with Crippen molar-refractivity contribution in [1.29, 1.82) is 0 Å². The summed E-state index contributed by atoms with van der Waals surface area (Å²) in [4.78, 5) is 0. The van der Waals surface area contributed by atoms with Crippen LogP contribution in [0.5, 0.6) is 17.2 Å². The molecule has 0 aliphatic carbocycles. The summed E-state index contributed by atoms with van der Waals surface area (Å²) in [6.45, 7) is 7.60. The summed E-state index contributed by atoms with van der Waals surface area (Å²) in [7, 11) is 0. The molecule has 0 aromatic heterocycles. The van der Waals surface area contributed by atoms with E-state index >= 15 is 0 Å². The van der Waals surface area contributed by atoms with Gasteiger partial charge in [0.25, 0.3) is 0 Å². The van der Waals surface area contributed by atoms with Gasteiger partial charge in [0.1, 0.15) is 0 Å². The Morgan fingerprint density at radius 3 is 2.00 bits per heavy atom. The van der Waals surface area contributed by atoms with Crippen molar-refractivity contribution in [3.8, 4) is 17.2 Å². The number of benzene rings is 1. The first-order valence-electron chi connectivity index (χ1n) is 5.45. The molecule has 4 heteroatoms. The molecule has 1 aromatic rings. The van der Waals surface area contributed by atoms with Gasteiger partial charge in [-0.05, 0) is 48.8 Å². The van der Waals surface area contributed by atoms with Gasteiger partial charge in [0.05, 0.1) is 24.3 Å². The van der Waals surface area contributed by atoms with E-state index in [4.69, 9.17) is 14.2 Å². The Labute approximate surface area is 105 Å². The fourth-order valence-electron chi connectivity index (χ4n) is 1.35. The molecule has 0 heterocycles. The average Bonchev–Trinajstić information content (AvgIpc) is 2.27. The van der Waals surface area contributed by atoms with Crippen LogP contribution in [0.2, 0.25) is 0 Å². The van der Waals surface area contributed by atoms with Crippen molar-refractivity contribution in [1.82, 2.24) is 0 Å². The minimum Gasteiger partial charge on any atom is -0.490 e. The zero-order valence-electron chi connectivity index (χ0n) is 9.88. The SMILES string of the molecule is CCOc1ccc(Br)c(OCC)c1OCC. The fourth-order valence-corrected chi connectivity index (χ4v) is 1.78. The first-order chi connectivity index (χ1) is 7.74. The van der Waals surface area contributed by atoms with Crippen LogP contribution in [0.15, 0.2) is 16.6 Å². The minimum atomic E-state index is 0.580. The van der Waals surface area contributed by atoms with Crippen molar-refractivity contribution in [2.24, 2.45) is 0 Å². The molecular weight excluding hydrogens is 272 g/mol. The monoisotopic (exact) mass is 288 g/mol. The van der Waals surface area contributed by atoms with E-state index < -0.39 is 0 Å². The quantitative estimate of drug-likeness (QED) is 0.800. The van der Waals surface area contributed by atoms with E-state index in [1.54, 1.807) is 0 Å². The molecule has 16 heavy (non-hydrogen) atoms. The summed E-state index contributed by atoms with van der Waals surface area (Å²) in [6.07, 6.45) is 0. The van der Waals surface area contributed by atoms with E-state index in [2.05, 4.69) is 15.9 Å². The zero-order valence-corrected chi connectivity index (χ0v) is 11.5. The van der Waals surface area contributed by atoms with E-state index in [0.717, 1.165) is 10.2 Å². The van der Waals surface area contributed by atoms with Gasteiger partial charge < -0.3 is 14.2 Å². The Morgan fingerprint density at radius 1 is 0.875 bits per heavy atom. The zero-order chi connectivity index (χ0) is 12.0. The van der Waals surface area contributed by atoms with Crippen LogP contribution < -0.4 is 14.2 Å². The molecule has 1 rings (SSSR count). The van der Waals surface area contributed by atoms with Crippen LogP contribution >= 0.6 is 15.9 Å². The largest absolute Gasteiger partial charge is 0.490 e. The van der Waals surface area contributed by atoms with Gasteiger partial charge >= 0.3 is 0 Å². The summed E-state index contributed by atoms with van der Waals surface area (Å²) >= 11 is 3.44. The van der Waals surface area contributed by atoms with Crippen LogP contribution in [-0.4, -0.2) is 19.8 Å². The van der Waals surface area contributed by atoms with Crippen molar-refractivity contribution in [3.63, 3.8) is 0 Å². The molecule has 0 amide bonds. The van der Waals surface area contributed by atoms with Crippen LogP contribution in [0, 0.1) is 0 Å². The molecule has 0 aliphatic heterocycles. The Balaban J connectivity index is 3.14. The Hall–Kier alpha value is -0.900. The highest BCUT2D eigenvalue weighted by Gasteiger charge is 2.15. The molecule has 0 radical (unpaired) electrons. The van der Waals surface area contributed by atoms with Gasteiger partial charge in [-0.15, -0.1) is 0 Å². The topological polar surface area (TPSA) is 27.7 Å². The Bertz CT molecular complexity index is 339. The molecule has 0 bridgehead atoms. The van der Waals surface area contributed by atoms with Gasteiger partial charge in [-0.1, -0.05) is 0 Å². The molecule has 0 N–H and O–H groups in total. The fraction of sp³-hybridized carbons (Fsp3) is 0.500. The van der Waals surface area contributed by atoms with Crippen LogP contribution in [0.25, 0.3) is 0 Å². The molecule has 0 spiro atoms. The van der Waals surface area contributed by atoms with Gasteiger partial charge in [0, 0.05) is 0 Å². The maximum absolute atomic E-state index is 5.57. The van der Waals surface area contributed by atoms with E-state index in [0.29, 0.717) is 31.3 Å². The van der Waals surface area contributed by atoms with E-state index in [-0.39, 0.29) is 0 Å². The van der Waals surface area contributed by atoms with Crippen molar-refractivity contribution >= 4 is 15.9 Å². The highest BCUT2D eigenvalue weighted by Crippen LogP contribution is 2.42. The number of rotatable bonds is 6. The molecule has 1 aromatic carbocycles. The molecule has 0 aliphatic rings. The minimum absolute atomic E-state index is 0.580. The molecular formula is C12H17BrO3. The molecule has 0 unspecified atom stereocenters. The van der Waals surface area contributed by atoms with Gasteiger partial charge in [0.2, 0.25) is 5.75 Å². The summed E-state index contributed by atoms with van der Waals surface area (Å²) in [5.74, 6) is 2.09. The van der Waals surface area contributed by atoms with Crippen molar-refractivity contribution in [3.05, 3.63) is 16.6 Å². The standard InChI is InChI=1S/C12H17BrO3/c1-4-14-10-8-7-9(13)11(15-5-2)12(10)16-6-3/h7-8H,4-6H2,1-3H3. The smallest absolute Gasteiger partial charge is 0.204 e. The highest BCUT2D eigenvalue weighted by molar-refractivity contribution is 9.10. The lowest BCUT2D eigenvalue weighted by Gasteiger charge is -2.16. The lowest BCUT2D eigenvalue weighted by molar-refractivity contribution is 0.260. The van der Waals surface area contributed by atoms with Crippen LogP contribution in [0.4, 0.5) is 0 Å². The molecule has 90 valence electrons. The lowest BCUT2D eigenvalue weighted by Crippen LogP contribution is -2.02. The Morgan fingerprint density at radius 2 is 1.44 bits per heavy atom. The van der Waals surface area contributed by atoms with Crippen LogP contribution in [0.3, 0.4) is 0 Å². The van der Waals surface area contributed by atoms with Gasteiger partial charge in [-0.25, -0.2) is 0 Å². The summed E-state index contributed by atoms with van der Waals surface area (Å²) in [5, 5.41) is 0. The predicted molar refractivity (Wildman–Crippen MR) is 67.6 cm³/mol. The van der Waals surface area contributed by atoms with Crippen molar-refractivity contribution < 1.29 is 14.2 Å². The number of ether oxygens (including phenoxy) is 3. The second-order valence-electron chi connectivity index (χ2n) is 3.00. The average molecular weight is 289 g/mol. The number of hydrogen-bond acceptors (Lipinski definition) is 3. The molecule has 0 atom stereocenters. The summed E-state index contributed by atoms with van der Waals surface area (Å²) < 4.78 is 17.5. The second kappa shape index (κ2) is 6.63. The second-order valence-corrected chi connectivity index (χ2v) is 3.86. The normalized spacial score (nSPS) is 10.0. The summed E-state index contributed by atoms with van der Waals surface area (Å²) in [6, 6.07) is 3.78. The van der Waals surface area contributed by atoms with Crippen molar-refractivity contribution in [2.75, 3.05) is 19.8 Å². The number of halogens is 1. The molecule has 0 saturated heterocycles. The summed E-state index contributed by atoms with van der Waals surface area (Å²) in [5.41, 5.74) is 0. The first kappa shape index (κ1) is 13.2. The van der Waals surface area contributed by atoms with Gasteiger partial charge in [0.15, 0.2) is 11.5 Å². The third-order valence-corrected chi connectivity index (χ3v) is 2.53. The molecule has 0 fully saturated rings. The third-order valence-electron chi connectivity index (χ3n) is 1.91. The third kappa shape index (κ3) is 3.04. The highest BCUT2D eigenvalue weighted by atomic mass is 79.9. The van der Waals surface area contributed by atoms with E-state index in [1.165, 1.54) is 0 Å². The van der Waals surface area contributed by atoms with E-state index in [9.17, 15) is 0 Å². The molecule has 0 saturated carbocycles. The van der Waals surface area contributed by atoms with E-state index in [1.807, 2.05) is 32.9 Å². The van der Waals surface area contributed by atoms with Crippen LogP contribution in [-0.2, 0) is 0 Å². The predicted octanol–water partition coefficient (Wildman–Crippen LogP) is 3.65. The Kier molecular flexibility index (Phi) is 5.46. The van der Waals surface area contributed by atoms with Crippen molar-refractivity contribution in [2.45, 2.75) is 20.8 Å². The molecule has 3 nitrogen and oxygen atoms in total.